The zero-order chi connectivity index (χ0) is 16.7. The van der Waals surface area contributed by atoms with Crippen LogP contribution in [-0.2, 0) is 4.74 Å². The molecule has 1 N–H and O–H groups in total. The number of alkyl halides is 2. The van der Waals surface area contributed by atoms with Crippen LogP contribution in [0.4, 0.5) is 8.78 Å². The maximum absolute atomic E-state index is 12.1. The van der Waals surface area contributed by atoms with Gasteiger partial charge in [0.05, 0.1) is 11.7 Å². The summed E-state index contributed by atoms with van der Waals surface area (Å²) in [5.41, 5.74) is 0.373. The lowest BCUT2D eigenvalue weighted by molar-refractivity contribution is 0.0794. The van der Waals surface area contributed by atoms with Crippen molar-refractivity contribution in [2.75, 3.05) is 13.2 Å². The molecule has 0 unspecified atom stereocenters. The van der Waals surface area contributed by atoms with E-state index in [9.17, 15) is 13.6 Å². The molecule has 2 heterocycles. The standard InChI is InChI=1S/C16H22F2N2O3/c1-11(4-6-13-3-2-8-22-13)20-16(21)12-5-7-15(19-9-12)23-10-14(17)18/h5,7,9,11,13-14H,2-4,6,8,10H2,1H3,(H,20,21)/t11-,13+/m1/s1. The van der Waals surface area contributed by atoms with Crippen molar-refractivity contribution in [2.24, 2.45) is 0 Å². The van der Waals surface area contributed by atoms with Crippen molar-refractivity contribution in [2.45, 2.75) is 51.2 Å². The van der Waals surface area contributed by atoms with E-state index in [1.54, 1.807) is 0 Å². The smallest absolute Gasteiger partial charge is 0.272 e. The highest BCUT2D eigenvalue weighted by Gasteiger charge is 2.17. The molecule has 2 rings (SSSR count). The highest BCUT2D eigenvalue weighted by atomic mass is 19.3. The predicted octanol–water partition coefficient (Wildman–Crippen LogP) is 2.80. The van der Waals surface area contributed by atoms with Crippen LogP contribution in [0.25, 0.3) is 0 Å². The fourth-order valence-electron chi connectivity index (χ4n) is 2.44. The average molecular weight is 328 g/mol. The number of aromatic nitrogens is 1. The fraction of sp³-hybridized carbons (Fsp3) is 0.625. The number of pyridine rings is 1. The highest BCUT2D eigenvalue weighted by molar-refractivity contribution is 5.94. The third kappa shape index (κ3) is 6.09. The first-order valence-corrected chi connectivity index (χ1v) is 7.84. The van der Waals surface area contributed by atoms with E-state index < -0.39 is 13.0 Å². The summed E-state index contributed by atoms with van der Waals surface area (Å²) in [6.07, 6.45) is 3.05. The number of amides is 1. The monoisotopic (exact) mass is 328 g/mol. The number of nitrogens with one attached hydrogen (secondary N) is 1. The number of nitrogens with zero attached hydrogens (tertiary/aromatic N) is 1. The second kappa shape index (κ2) is 8.76. The van der Waals surface area contributed by atoms with Gasteiger partial charge in [-0.2, -0.15) is 0 Å². The number of rotatable bonds is 8. The minimum absolute atomic E-state index is 0.0291. The molecule has 0 spiro atoms. The summed E-state index contributed by atoms with van der Waals surface area (Å²) in [5.74, 6) is -0.161. The van der Waals surface area contributed by atoms with Gasteiger partial charge in [0.2, 0.25) is 5.88 Å². The van der Waals surface area contributed by atoms with Crippen molar-refractivity contribution in [3.63, 3.8) is 0 Å². The molecule has 1 aromatic rings. The van der Waals surface area contributed by atoms with Crippen LogP contribution in [0.3, 0.4) is 0 Å². The lowest BCUT2D eigenvalue weighted by Gasteiger charge is -2.16. The normalized spacial score (nSPS) is 18.9. The summed E-state index contributed by atoms with van der Waals surface area (Å²) in [7, 11) is 0. The molecule has 0 bridgehead atoms. The Morgan fingerprint density at radius 2 is 2.35 bits per heavy atom. The second-order valence-corrected chi connectivity index (χ2v) is 5.67. The van der Waals surface area contributed by atoms with E-state index in [2.05, 4.69) is 10.3 Å². The zero-order valence-corrected chi connectivity index (χ0v) is 13.1. The summed E-state index contributed by atoms with van der Waals surface area (Å²) in [5, 5.41) is 2.89. The van der Waals surface area contributed by atoms with Gasteiger partial charge in [0.1, 0.15) is 0 Å². The maximum Gasteiger partial charge on any atom is 0.272 e. The van der Waals surface area contributed by atoms with E-state index in [0.717, 1.165) is 32.3 Å². The van der Waals surface area contributed by atoms with Gasteiger partial charge < -0.3 is 14.8 Å². The van der Waals surface area contributed by atoms with E-state index in [-0.39, 0.29) is 17.8 Å². The molecule has 1 aromatic heterocycles. The van der Waals surface area contributed by atoms with Gasteiger partial charge in [-0.25, -0.2) is 13.8 Å². The van der Waals surface area contributed by atoms with E-state index >= 15 is 0 Å². The summed E-state index contributed by atoms with van der Waals surface area (Å²) in [6.45, 7) is 2.07. The van der Waals surface area contributed by atoms with Gasteiger partial charge >= 0.3 is 0 Å². The number of ether oxygens (including phenoxy) is 2. The van der Waals surface area contributed by atoms with Crippen LogP contribution >= 0.6 is 0 Å². The molecule has 128 valence electrons. The number of carbonyl (C=O) groups is 1. The van der Waals surface area contributed by atoms with Gasteiger partial charge in [0.15, 0.2) is 6.61 Å². The molecule has 1 aliphatic heterocycles. The third-order valence-electron chi connectivity index (χ3n) is 3.68. The Balaban J connectivity index is 1.75. The molecule has 1 fully saturated rings. The Hall–Kier alpha value is -1.76. The first-order chi connectivity index (χ1) is 11.0. The van der Waals surface area contributed by atoms with Crippen LogP contribution in [0.15, 0.2) is 18.3 Å². The Morgan fingerprint density at radius 1 is 1.52 bits per heavy atom. The van der Waals surface area contributed by atoms with E-state index in [0.29, 0.717) is 11.7 Å². The number of carbonyl (C=O) groups excluding carboxylic acids is 1. The van der Waals surface area contributed by atoms with E-state index in [1.165, 1.54) is 18.3 Å². The topological polar surface area (TPSA) is 60.5 Å². The van der Waals surface area contributed by atoms with Crippen LogP contribution in [0.2, 0.25) is 0 Å². The fourth-order valence-corrected chi connectivity index (χ4v) is 2.44. The SMILES string of the molecule is C[C@H](CC[C@@H]1CCCO1)NC(=O)c1ccc(OCC(F)F)nc1. The molecule has 5 nitrogen and oxygen atoms in total. The van der Waals surface area contributed by atoms with Gasteiger partial charge in [-0.3, -0.25) is 4.79 Å². The summed E-state index contributed by atoms with van der Waals surface area (Å²) >= 11 is 0. The Kier molecular flexibility index (Phi) is 6.70. The average Bonchev–Trinajstić information content (AvgIpc) is 3.05. The van der Waals surface area contributed by atoms with Crippen molar-refractivity contribution in [3.8, 4) is 5.88 Å². The van der Waals surface area contributed by atoms with Crippen molar-refractivity contribution >= 4 is 5.91 Å². The Bertz CT molecular complexity index is 491. The molecule has 7 heteroatoms. The minimum Gasteiger partial charge on any atom is -0.472 e. The van der Waals surface area contributed by atoms with Crippen LogP contribution in [0.5, 0.6) is 5.88 Å². The molecular formula is C16H22F2N2O3. The van der Waals surface area contributed by atoms with Crippen LogP contribution in [-0.4, -0.2) is 42.7 Å². The van der Waals surface area contributed by atoms with Gasteiger partial charge in [0, 0.05) is 24.9 Å². The van der Waals surface area contributed by atoms with Gasteiger partial charge in [-0.15, -0.1) is 0 Å². The quantitative estimate of drug-likeness (QED) is 0.797. The Labute approximate surface area is 134 Å². The first-order valence-electron chi connectivity index (χ1n) is 7.84. The molecule has 1 saturated heterocycles. The predicted molar refractivity (Wildman–Crippen MR) is 80.9 cm³/mol. The molecule has 2 atom stereocenters. The van der Waals surface area contributed by atoms with Gasteiger partial charge in [0.25, 0.3) is 12.3 Å². The third-order valence-corrected chi connectivity index (χ3v) is 3.68. The summed E-state index contributed by atoms with van der Waals surface area (Å²) < 4.78 is 34.4. The molecule has 0 aliphatic carbocycles. The molecule has 1 amide bonds. The number of hydrogen-bond acceptors (Lipinski definition) is 4. The molecule has 1 aliphatic rings. The van der Waals surface area contributed by atoms with Crippen LogP contribution < -0.4 is 10.1 Å². The van der Waals surface area contributed by atoms with Crippen LogP contribution in [0, 0.1) is 0 Å². The summed E-state index contributed by atoms with van der Waals surface area (Å²) in [6, 6.07) is 2.95. The molecule has 23 heavy (non-hydrogen) atoms. The molecule has 0 aromatic carbocycles. The summed E-state index contributed by atoms with van der Waals surface area (Å²) in [4.78, 5) is 15.9. The largest absolute Gasteiger partial charge is 0.472 e. The second-order valence-electron chi connectivity index (χ2n) is 5.67. The molecule has 0 saturated carbocycles. The van der Waals surface area contributed by atoms with Crippen molar-refractivity contribution in [1.82, 2.24) is 10.3 Å². The maximum atomic E-state index is 12.1. The highest BCUT2D eigenvalue weighted by Crippen LogP contribution is 2.17. The Morgan fingerprint density at radius 3 is 2.96 bits per heavy atom. The molecule has 0 radical (unpaired) electrons. The van der Waals surface area contributed by atoms with E-state index in [1.807, 2.05) is 6.92 Å². The van der Waals surface area contributed by atoms with Crippen LogP contribution in [0.1, 0.15) is 43.0 Å². The van der Waals surface area contributed by atoms with Gasteiger partial charge in [-0.05, 0) is 38.7 Å². The van der Waals surface area contributed by atoms with Gasteiger partial charge in [-0.1, -0.05) is 0 Å². The zero-order valence-electron chi connectivity index (χ0n) is 13.1. The van der Waals surface area contributed by atoms with Crippen molar-refractivity contribution in [3.05, 3.63) is 23.9 Å². The molecular weight excluding hydrogens is 306 g/mol. The van der Waals surface area contributed by atoms with E-state index in [4.69, 9.17) is 9.47 Å². The number of hydrogen-bond donors (Lipinski definition) is 1. The minimum atomic E-state index is -2.55. The lowest BCUT2D eigenvalue weighted by Crippen LogP contribution is -2.33. The lowest BCUT2D eigenvalue weighted by atomic mass is 10.1. The number of halogens is 2. The van der Waals surface area contributed by atoms with Crippen molar-refractivity contribution in [1.29, 1.82) is 0 Å². The van der Waals surface area contributed by atoms with Crippen molar-refractivity contribution < 1.29 is 23.0 Å². The first kappa shape index (κ1) is 17.6.